The van der Waals surface area contributed by atoms with Crippen LogP contribution in [0.2, 0.25) is 0 Å². The van der Waals surface area contributed by atoms with Gasteiger partial charge in [-0.25, -0.2) is 4.79 Å². The van der Waals surface area contributed by atoms with Gasteiger partial charge < -0.3 is 15.0 Å². The number of carbonyl (C=O) groups is 1. The second-order valence-corrected chi connectivity index (χ2v) is 7.12. The van der Waals surface area contributed by atoms with E-state index in [0.717, 1.165) is 43.8 Å². The lowest BCUT2D eigenvalue weighted by molar-refractivity contribution is 0.180. The Kier molecular flexibility index (Phi) is 6.16. The SMILES string of the molecule is COc1cccc(NC(=O)N2CCC(CCc3ccc(C)cc3)CC2)c1. The molecule has 0 atom stereocenters. The Morgan fingerprint density at radius 2 is 1.88 bits per heavy atom. The standard InChI is InChI=1S/C22H28N2O2/c1-17-6-8-18(9-7-17)10-11-19-12-14-24(15-13-19)22(25)23-20-4-3-5-21(16-20)26-2/h3-9,16,19H,10-15H2,1-2H3,(H,23,25). The molecule has 0 bridgehead atoms. The highest BCUT2D eigenvalue weighted by Gasteiger charge is 2.22. The molecule has 1 fully saturated rings. The van der Waals surface area contributed by atoms with Crippen LogP contribution in [0.4, 0.5) is 10.5 Å². The molecule has 0 aliphatic carbocycles. The molecule has 0 radical (unpaired) electrons. The first-order valence-electron chi connectivity index (χ1n) is 9.39. The van der Waals surface area contributed by atoms with Gasteiger partial charge >= 0.3 is 6.03 Å². The lowest BCUT2D eigenvalue weighted by atomic mass is 9.90. The van der Waals surface area contributed by atoms with Crippen LogP contribution in [-0.2, 0) is 6.42 Å². The second-order valence-electron chi connectivity index (χ2n) is 7.12. The van der Waals surface area contributed by atoms with Crippen LogP contribution in [0.25, 0.3) is 0 Å². The van der Waals surface area contributed by atoms with Crippen LogP contribution in [-0.4, -0.2) is 31.1 Å². The van der Waals surface area contributed by atoms with Crippen molar-refractivity contribution in [3.8, 4) is 5.75 Å². The van der Waals surface area contributed by atoms with Crippen LogP contribution in [0, 0.1) is 12.8 Å². The van der Waals surface area contributed by atoms with E-state index in [1.807, 2.05) is 29.2 Å². The molecule has 0 spiro atoms. The maximum absolute atomic E-state index is 12.5. The quantitative estimate of drug-likeness (QED) is 0.833. The van der Waals surface area contributed by atoms with Crippen molar-refractivity contribution in [3.05, 3.63) is 59.7 Å². The fourth-order valence-electron chi connectivity index (χ4n) is 3.45. The molecule has 1 aliphatic heterocycles. The molecule has 138 valence electrons. The molecule has 1 N–H and O–H groups in total. The third-order valence-corrected chi connectivity index (χ3v) is 5.18. The molecule has 2 aromatic rings. The molecule has 26 heavy (non-hydrogen) atoms. The summed E-state index contributed by atoms with van der Waals surface area (Å²) < 4.78 is 5.20. The molecule has 1 aliphatic rings. The lowest BCUT2D eigenvalue weighted by Crippen LogP contribution is -2.41. The zero-order valence-corrected chi connectivity index (χ0v) is 15.7. The van der Waals surface area contributed by atoms with Crippen molar-refractivity contribution in [1.82, 2.24) is 4.90 Å². The van der Waals surface area contributed by atoms with Crippen LogP contribution in [0.5, 0.6) is 5.75 Å². The summed E-state index contributed by atoms with van der Waals surface area (Å²) in [6.45, 7) is 3.78. The van der Waals surface area contributed by atoms with Crippen molar-refractivity contribution in [3.63, 3.8) is 0 Å². The number of nitrogens with zero attached hydrogens (tertiary/aromatic N) is 1. The van der Waals surface area contributed by atoms with E-state index in [9.17, 15) is 4.79 Å². The molecule has 0 aromatic heterocycles. The fraction of sp³-hybridized carbons (Fsp3) is 0.409. The number of ether oxygens (including phenoxy) is 1. The summed E-state index contributed by atoms with van der Waals surface area (Å²) in [5.74, 6) is 1.45. The molecule has 2 amide bonds. The predicted octanol–water partition coefficient (Wildman–Crippen LogP) is 4.88. The molecule has 2 aromatic carbocycles. The van der Waals surface area contributed by atoms with Gasteiger partial charge in [0, 0.05) is 24.8 Å². The number of carbonyl (C=O) groups excluding carboxylic acids is 1. The number of hydrogen-bond donors (Lipinski definition) is 1. The monoisotopic (exact) mass is 352 g/mol. The molecule has 3 rings (SSSR count). The number of aryl methyl sites for hydroxylation is 2. The highest BCUT2D eigenvalue weighted by atomic mass is 16.5. The maximum atomic E-state index is 12.5. The Morgan fingerprint density at radius 1 is 1.15 bits per heavy atom. The number of urea groups is 1. The first kappa shape index (κ1) is 18.3. The molecule has 1 heterocycles. The Bertz CT molecular complexity index is 719. The minimum atomic E-state index is -0.0183. The minimum Gasteiger partial charge on any atom is -0.497 e. The number of rotatable bonds is 5. The summed E-state index contributed by atoms with van der Waals surface area (Å²) in [4.78, 5) is 14.4. The van der Waals surface area contributed by atoms with Gasteiger partial charge in [0.25, 0.3) is 0 Å². The van der Waals surface area contributed by atoms with Crippen molar-refractivity contribution >= 4 is 11.7 Å². The zero-order valence-electron chi connectivity index (χ0n) is 15.7. The van der Waals surface area contributed by atoms with Crippen molar-refractivity contribution in [1.29, 1.82) is 0 Å². The Balaban J connectivity index is 1.43. The van der Waals surface area contributed by atoms with Gasteiger partial charge in [-0.1, -0.05) is 35.9 Å². The molecular formula is C22H28N2O2. The van der Waals surface area contributed by atoms with Gasteiger partial charge in [0.15, 0.2) is 0 Å². The number of piperidine rings is 1. The number of hydrogen-bond acceptors (Lipinski definition) is 2. The predicted molar refractivity (Wildman–Crippen MR) is 106 cm³/mol. The largest absolute Gasteiger partial charge is 0.497 e. The summed E-state index contributed by atoms with van der Waals surface area (Å²) in [5.41, 5.74) is 3.49. The normalized spacial score (nSPS) is 14.9. The van der Waals surface area contributed by atoms with Crippen LogP contribution in [0.1, 0.15) is 30.4 Å². The van der Waals surface area contributed by atoms with Crippen molar-refractivity contribution < 1.29 is 9.53 Å². The van der Waals surface area contributed by atoms with E-state index in [1.165, 1.54) is 17.5 Å². The van der Waals surface area contributed by atoms with Crippen LogP contribution >= 0.6 is 0 Å². The lowest BCUT2D eigenvalue weighted by Gasteiger charge is -2.32. The van der Waals surface area contributed by atoms with Crippen LogP contribution in [0.3, 0.4) is 0 Å². The third kappa shape index (κ3) is 5.01. The fourth-order valence-corrected chi connectivity index (χ4v) is 3.45. The van der Waals surface area contributed by atoms with Gasteiger partial charge in [0.05, 0.1) is 7.11 Å². The summed E-state index contributed by atoms with van der Waals surface area (Å²) in [5, 5.41) is 2.97. The summed E-state index contributed by atoms with van der Waals surface area (Å²) >= 11 is 0. The van der Waals surface area contributed by atoms with Crippen molar-refractivity contribution in [2.24, 2.45) is 5.92 Å². The highest BCUT2D eigenvalue weighted by Crippen LogP contribution is 2.24. The van der Waals surface area contributed by atoms with E-state index >= 15 is 0 Å². The topological polar surface area (TPSA) is 41.6 Å². The number of nitrogens with one attached hydrogen (secondary N) is 1. The maximum Gasteiger partial charge on any atom is 0.321 e. The van der Waals surface area contributed by atoms with Gasteiger partial charge in [0.1, 0.15) is 5.75 Å². The number of methoxy groups -OCH3 is 1. The molecule has 4 nitrogen and oxygen atoms in total. The minimum absolute atomic E-state index is 0.0183. The molecule has 4 heteroatoms. The average molecular weight is 352 g/mol. The van der Waals surface area contributed by atoms with Crippen molar-refractivity contribution in [2.75, 3.05) is 25.5 Å². The first-order chi connectivity index (χ1) is 12.6. The van der Waals surface area contributed by atoms with E-state index in [0.29, 0.717) is 5.92 Å². The van der Waals surface area contributed by atoms with E-state index in [1.54, 1.807) is 7.11 Å². The van der Waals surface area contributed by atoms with Crippen LogP contribution in [0.15, 0.2) is 48.5 Å². The van der Waals surface area contributed by atoms with Gasteiger partial charge in [-0.2, -0.15) is 0 Å². The first-order valence-corrected chi connectivity index (χ1v) is 9.39. The number of anilines is 1. The molecule has 0 unspecified atom stereocenters. The summed E-state index contributed by atoms with van der Waals surface area (Å²) in [6.07, 6.45) is 4.49. The molecule has 1 saturated heterocycles. The summed E-state index contributed by atoms with van der Waals surface area (Å²) in [6, 6.07) is 16.3. The molecule has 0 saturated carbocycles. The number of likely N-dealkylation sites (tertiary alicyclic amines) is 1. The van der Waals surface area contributed by atoms with Crippen LogP contribution < -0.4 is 10.1 Å². The number of benzene rings is 2. The van der Waals surface area contributed by atoms with E-state index in [2.05, 4.69) is 36.5 Å². The highest BCUT2D eigenvalue weighted by molar-refractivity contribution is 5.89. The van der Waals surface area contributed by atoms with Gasteiger partial charge in [-0.3, -0.25) is 0 Å². The zero-order chi connectivity index (χ0) is 18.4. The van der Waals surface area contributed by atoms with E-state index in [-0.39, 0.29) is 6.03 Å². The average Bonchev–Trinajstić information content (AvgIpc) is 2.68. The van der Waals surface area contributed by atoms with Gasteiger partial charge in [-0.15, -0.1) is 0 Å². The second kappa shape index (κ2) is 8.75. The number of amides is 2. The Hall–Kier alpha value is -2.49. The smallest absolute Gasteiger partial charge is 0.321 e. The van der Waals surface area contributed by atoms with Crippen molar-refractivity contribution in [2.45, 2.75) is 32.6 Å². The van der Waals surface area contributed by atoms with E-state index < -0.39 is 0 Å². The third-order valence-electron chi connectivity index (χ3n) is 5.18. The Morgan fingerprint density at radius 3 is 2.58 bits per heavy atom. The van der Waals surface area contributed by atoms with Gasteiger partial charge in [0.2, 0.25) is 0 Å². The molecular weight excluding hydrogens is 324 g/mol. The van der Waals surface area contributed by atoms with Gasteiger partial charge in [-0.05, 0) is 56.2 Å². The summed E-state index contributed by atoms with van der Waals surface area (Å²) in [7, 11) is 1.63. The van der Waals surface area contributed by atoms with E-state index in [4.69, 9.17) is 4.74 Å². The Labute approximate surface area is 156 Å².